The molecular weight excluding hydrogens is 338 g/mol. The first-order valence-corrected chi connectivity index (χ1v) is 9.09. The number of aromatic nitrogens is 2. The van der Waals surface area contributed by atoms with Crippen LogP contribution in [-0.2, 0) is 17.6 Å². The van der Waals surface area contributed by atoms with Gasteiger partial charge in [0.05, 0.1) is 18.7 Å². The number of nitrogens with one attached hydrogen (secondary N) is 1. The highest BCUT2D eigenvalue weighted by molar-refractivity contribution is 7.15. The lowest BCUT2D eigenvalue weighted by molar-refractivity contribution is -0.126. The monoisotopic (exact) mass is 357 g/mol. The third kappa shape index (κ3) is 3.32. The summed E-state index contributed by atoms with van der Waals surface area (Å²) in [5.41, 5.74) is 2.03. The highest BCUT2D eigenvalue weighted by Crippen LogP contribution is 2.31. The topological polar surface area (TPSA) is 64.9 Å². The Balaban J connectivity index is 1.31. The van der Waals surface area contributed by atoms with Gasteiger partial charge >= 0.3 is 0 Å². The molecule has 0 aliphatic carbocycles. The molecule has 0 fully saturated rings. The zero-order chi connectivity index (χ0) is 17.2. The van der Waals surface area contributed by atoms with Crippen LogP contribution in [0.15, 0.2) is 36.0 Å². The van der Waals surface area contributed by atoms with Crippen LogP contribution < -0.4 is 14.8 Å². The molecule has 1 N–H and O–H groups in total. The van der Waals surface area contributed by atoms with Crippen molar-refractivity contribution < 1.29 is 14.3 Å². The minimum atomic E-state index is -0.161. The minimum absolute atomic E-state index is 0.0301. The summed E-state index contributed by atoms with van der Waals surface area (Å²) < 4.78 is 12.9. The second-order valence-corrected chi connectivity index (χ2v) is 6.92. The van der Waals surface area contributed by atoms with Crippen molar-refractivity contribution in [1.82, 2.24) is 14.7 Å². The molecule has 0 saturated carbocycles. The van der Waals surface area contributed by atoms with E-state index in [-0.39, 0.29) is 11.8 Å². The predicted octanol–water partition coefficient (Wildman–Crippen LogP) is 2.31. The predicted molar refractivity (Wildman–Crippen MR) is 95.5 cm³/mol. The van der Waals surface area contributed by atoms with E-state index in [1.54, 1.807) is 18.4 Å². The first kappa shape index (κ1) is 16.0. The fourth-order valence-corrected chi connectivity index (χ4v) is 3.72. The molecule has 0 bridgehead atoms. The molecule has 130 valence electrons. The molecule has 2 aromatic heterocycles. The third-order valence-electron chi connectivity index (χ3n) is 4.37. The van der Waals surface area contributed by atoms with E-state index in [1.165, 1.54) is 0 Å². The molecule has 0 spiro atoms. The molecule has 0 radical (unpaired) electrons. The van der Waals surface area contributed by atoms with Crippen LogP contribution in [0.2, 0.25) is 0 Å². The van der Waals surface area contributed by atoms with Crippen molar-refractivity contribution in [3.63, 3.8) is 0 Å². The molecule has 7 heteroatoms. The Labute approximate surface area is 149 Å². The van der Waals surface area contributed by atoms with Crippen molar-refractivity contribution in [1.29, 1.82) is 0 Å². The van der Waals surface area contributed by atoms with Crippen molar-refractivity contribution in [2.24, 2.45) is 5.92 Å². The van der Waals surface area contributed by atoms with Gasteiger partial charge in [-0.15, -0.1) is 11.3 Å². The molecule has 3 aromatic rings. The second-order valence-electron chi connectivity index (χ2n) is 6.05. The maximum absolute atomic E-state index is 12.4. The van der Waals surface area contributed by atoms with Gasteiger partial charge in [0.2, 0.25) is 5.91 Å². The molecule has 1 atom stereocenters. The number of nitrogens with zero attached hydrogens (tertiary/aromatic N) is 2. The van der Waals surface area contributed by atoms with Crippen LogP contribution in [0.25, 0.3) is 4.96 Å². The van der Waals surface area contributed by atoms with E-state index < -0.39 is 0 Å². The van der Waals surface area contributed by atoms with Crippen LogP contribution in [0.5, 0.6) is 11.5 Å². The first-order valence-electron chi connectivity index (χ1n) is 8.21. The smallest absolute Gasteiger partial charge is 0.226 e. The Bertz CT molecular complexity index is 873. The fraction of sp³-hybridized carbons (Fsp3) is 0.333. The molecule has 6 nitrogen and oxygen atoms in total. The number of benzene rings is 1. The molecule has 1 amide bonds. The maximum atomic E-state index is 12.4. The van der Waals surface area contributed by atoms with E-state index >= 15 is 0 Å². The Kier molecular flexibility index (Phi) is 4.31. The molecule has 1 aliphatic rings. The van der Waals surface area contributed by atoms with E-state index in [0.717, 1.165) is 34.1 Å². The van der Waals surface area contributed by atoms with Crippen LogP contribution in [0.4, 0.5) is 0 Å². The molecule has 1 aliphatic heterocycles. The van der Waals surface area contributed by atoms with Gasteiger partial charge < -0.3 is 14.8 Å². The van der Waals surface area contributed by atoms with Gasteiger partial charge in [-0.05, 0) is 18.1 Å². The van der Waals surface area contributed by atoms with E-state index in [2.05, 4.69) is 10.3 Å². The summed E-state index contributed by atoms with van der Waals surface area (Å²) in [4.78, 5) is 17.9. The number of methoxy groups -OCH3 is 1. The largest absolute Gasteiger partial charge is 0.497 e. The molecule has 0 unspecified atom stereocenters. The van der Waals surface area contributed by atoms with Crippen LogP contribution in [0.1, 0.15) is 11.3 Å². The zero-order valence-corrected chi connectivity index (χ0v) is 14.7. The van der Waals surface area contributed by atoms with Crippen LogP contribution in [0.3, 0.4) is 0 Å². The van der Waals surface area contributed by atoms with Gasteiger partial charge in [0.15, 0.2) is 4.96 Å². The number of carbonyl (C=O) groups excluding carboxylic acids is 1. The summed E-state index contributed by atoms with van der Waals surface area (Å²) in [6.07, 6.45) is 5.40. The van der Waals surface area contributed by atoms with Gasteiger partial charge in [0.25, 0.3) is 0 Å². The zero-order valence-electron chi connectivity index (χ0n) is 13.9. The van der Waals surface area contributed by atoms with Gasteiger partial charge in [-0.2, -0.15) is 0 Å². The second kappa shape index (κ2) is 6.76. The van der Waals surface area contributed by atoms with E-state index in [0.29, 0.717) is 19.6 Å². The molecule has 1 aromatic carbocycles. The molecule has 25 heavy (non-hydrogen) atoms. The molecule has 4 rings (SSSR count). The van der Waals surface area contributed by atoms with Crippen molar-refractivity contribution in [2.75, 3.05) is 20.3 Å². The molecule has 3 heterocycles. The Morgan fingerprint density at radius 2 is 2.44 bits per heavy atom. The Morgan fingerprint density at radius 1 is 1.52 bits per heavy atom. The van der Waals surface area contributed by atoms with Crippen molar-refractivity contribution in [3.05, 3.63) is 47.2 Å². The average molecular weight is 357 g/mol. The number of fused-ring (bicyclic) bond motifs is 2. The van der Waals surface area contributed by atoms with Gasteiger partial charge in [-0.25, -0.2) is 4.98 Å². The Hall–Kier alpha value is -2.54. The summed E-state index contributed by atoms with van der Waals surface area (Å²) in [5, 5.41) is 5.01. The lowest BCUT2D eigenvalue weighted by atomic mass is 9.96. The first-order chi connectivity index (χ1) is 12.2. The minimum Gasteiger partial charge on any atom is -0.497 e. The lowest BCUT2D eigenvalue weighted by Crippen LogP contribution is -2.38. The highest BCUT2D eigenvalue weighted by Gasteiger charge is 2.26. The van der Waals surface area contributed by atoms with Crippen molar-refractivity contribution >= 4 is 22.2 Å². The van der Waals surface area contributed by atoms with Crippen LogP contribution in [0, 0.1) is 5.92 Å². The summed E-state index contributed by atoms with van der Waals surface area (Å²) in [6, 6.07) is 5.73. The number of carbonyl (C=O) groups is 1. The SMILES string of the molecule is COc1ccc2c(c1)OC[C@@H](C(=O)NCCc1cn3ccsc3n1)C2. The van der Waals surface area contributed by atoms with Gasteiger partial charge in [-0.1, -0.05) is 6.07 Å². The summed E-state index contributed by atoms with van der Waals surface area (Å²) in [5.74, 6) is 1.44. The summed E-state index contributed by atoms with van der Waals surface area (Å²) >= 11 is 1.61. The number of thiazole rings is 1. The van der Waals surface area contributed by atoms with E-state index in [4.69, 9.17) is 9.47 Å². The number of amides is 1. The molecule has 0 saturated heterocycles. The number of imidazole rings is 1. The van der Waals surface area contributed by atoms with Crippen LogP contribution in [-0.4, -0.2) is 35.6 Å². The van der Waals surface area contributed by atoms with Gasteiger partial charge in [0, 0.05) is 36.8 Å². The van der Waals surface area contributed by atoms with E-state index in [9.17, 15) is 4.79 Å². The number of hydrogen-bond acceptors (Lipinski definition) is 5. The van der Waals surface area contributed by atoms with Gasteiger partial charge in [-0.3, -0.25) is 9.20 Å². The number of hydrogen-bond donors (Lipinski definition) is 1. The van der Waals surface area contributed by atoms with Gasteiger partial charge in [0.1, 0.15) is 18.1 Å². The van der Waals surface area contributed by atoms with E-state index in [1.807, 2.05) is 40.4 Å². The third-order valence-corrected chi connectivity index (χ3v) is 5.15. The fourth-order valence-electron chi connectivity index (χ4n) is 3.00. The lowest BCUT2D eigenvalue weighted by Gasteiger charge is -2.25. The number of ether oxygens (including phenoxy) is 2. The standard InChI is InChI=1S/C18H19N3O3S/c1-23-15-3-2-12-8-13(11-24-16(12)9-15)17(22)19-5-4-14-10-21-6-7-25-18(21)20-14/h2-3,6-7,9-10,13H,4-5,8,11H2,1H3,(H,19,22)/t13-/m0/s1. The average Bonchev–Trinajstić information content (AvgIpc) is 3.22. The molecular formula is C18H19N3O3S. The quantitative estimate of drug-likeness (QED) is 0.761. The normalized spacial score (nSPS) is 16.3. The maximum Gasteiger partial charge on any atom is 0.226 e. The Morgan fingerprint density at radius 3 is 3.28 bits per heavy atom. The summed E-state index contributed by atoms with van der Waals surface area (Å²) in [7, 11) is 1.63. The van der Waals surface area contributed by atoms with Crippen molar-refractivity contribution in [3.8, 4) is 11.5 Å². The highest BCUT2D eigenvalue weighted by atomic mass is 32.1. The van der Waals surface area contributed by atoms with Crippen molar-refractivity contribution in [2.45, 2.75) is 12.8 Å². The van der Waals surface area contributed by atoms with Crippen LogP contribution >= 0.6 is 11.3 Å². The summed E-state index contributed by atoms with van der Waals surface area (Å²) in [6.45, 7) is 0.974. The number of rotatable bonds is 5.